The maximum absolute atomic E-state index is 13.3. The minimum Gasteiger partial charge on any atom is -0.349 e. The lowest BCUT2D eigenvalue weighted by Crippen LogP contribution is -2.41. The summed E-state index contributed by atoms with van der Waals surface area (Å²) in [4.78, 5) is 16.6. The smallest absolute Gasteiger partial charge is 0.230 e. The molecule has 1 unspecified atom stereocenters. The number of aromatic nitrogens is 1. The van der Waals surface area contributed by atoms with Crippen LogP contribution in [0.15, 0.2) is 48.8 Å². The van der Waals surface area contributed by atoms with Gasteiger partial charge < -0.3 is 5.32 Å². The van der Waals surface area contributed by atoms with Gasteiger partial charge in [-0.1, -0.05) is 18.2 Å². The Hall–Kier alpha value is -2.23. The van der Waals surface area contributed by atoms with Gasteiger partial charge in [0.15, 0.2) is 0 Å². The highest BCUT2D eigenvalue weighted by molar-refractivity contribution is 5.87. The van der Waals surface area contributed by atoms with Crippen molar-refractivity contribution >= 4 is 5.91 Å². The summed E-state index contributed by atoms with van der Waals surface area (Å²) in [6.07, 6.45) is 3.41. The summed E-state index contributed by atoms with van der Waals surface area (Å²) in [5.41, 5.74) is 0.776. The molecule has 21 heavy (non-hydrogen) atoms. The highest BCUT2D eigenvalue weighted by atomic mass is 19.1. The summed E-state index contributed by atoms with van der Waals surface area (Å²) < 4.78 is 13.3. The van der Waals surface area contributed by atoms with Crippen LogP contribution in [0.1, 0.15) is 37.9 Å². The van der Waals surface area contributed by atoms with Crippen molar-refractivity contribution in [3.63, 3.8) is 0 Å². The molecule has 0 saturated heterocycles. The minimum atomic E-state index is -0.807. The van der Waals surface area contributed by atoms with Crippen molar-refractivity contribution in [1.29, 1.82) is 0 Å². The van der Waals surface area contributed by atoms with Gasteiger partial charge in [0, 0.05) is 12.4 Å². The second-order valence-corrected chi connectivity index (χ2v) is 5.62. The second kappa shape index (κ2) is 6.04. The van der Waals surface area contributed by atoms with Crippen LogP contribution in [-0.4, -0.2) is 10.9 Å². The number of hydrogen-bond donors (Lipinski definition) is 1. The van der Waals surface area contributed by atoms with Crippen LogP contribution >= 0.6 is 0 Å². The van der Waals surface area contributed by atoms with Gasteiger partial charge in [-0.05, 0) is 50.1 Å². The third-order valence-corrected chi connectivity index (χ3v) is 3.65. The van der Waals surface area contributed by atoms with Crippen molar-refractivity contribution in [2.24, 2.45) is 0 Å². The van der Waals surface area contributed by atoms with E-state index in [1.807, 2.05) is 19.1 Å². The molecule has 1 aromatic heterocycles. The van der Waals surface area contributed by atoms with E-state index in [0.717, 1.165) is 5.56 Å². The van der Waals surface area contributed by atoms with Gasteiger partial charge in [0.25, 0.3) is 0 Å². The van der Waals surface area contributed by atoms with Crippen LogP contribution in [0, 0.1) is 5.82 Å². The molecule has 0 radical (unpaired) electrons. The molecule has 1 aromatic carbocycles. The SMILES string of the molecule is CC(NC(=O)C(C)(C)c1cccc(F)c1)c1cccnc1. The van der Waals surface area contributed by atoms with E-state index < -0.39 is 5.41 Å². The first-order valence-electron chi connectivity index (χ1n) is 6.88. The van der Waals surface area contributed by atoms with E-state index in [1.54, 1.807) is 38.4 Å². The van der Waals surface area contributed by atoms with Crippen molar-refractivity contribution in [1.82, 2.24) is 10.3 Å². The number of carbonyl (C=O) groups is 1. The molecule has 0 aliphatic rings. The number of nitrogens with zero attached hydrogens (tertiary/aromatic N) is 1. The van der Waals surface area contributed by atoms with Crippen LogP contribution < -0.4 is 5.32 Å². The molecule has 2 aromatic rings. The lowest BCUT2D eigenvalue weighted by Gasteiger charge is -2.26. The van der Waals surface area contributed by atoms with Gasteiger partial charge in [0.05, 0.1) is 11.5 Å². The normalized spacial score (nSPS) is 12.8. The van der Waals surface area contributed by atoms with Gasteiger partial charge in [0.1, 0.15) is 5.82 Å². The molecule has 110 valence electrons. The summed E-state index contributed by atoms with van der Waals surface area (Å²) in [7, 11) is 0. The first-order valence-corrected chi connectivity index (χ1v) is 6.88. The topological polar surface area (TPSA) is 42.0 Å². The van der Waals surface area contributed by atoms with E-state index in [4.69, 9.17) is 0 Å². The number of carbonyl (C=O) groups excluding carboxylic acids is 1. The molecule has 1 heterocycles. The molecule has 2 rings (SSSR count). The molecular weight excluding hydrogens is 267 g/mol. The van der Waals surface area contributed by atoms with Gasteiger partial charge in [0.2, 0.25) is 5.91 Å². The lowest BCUT2D eigenvalue weighted by atomic mass is 9.83. The lowest BCUT2D eigenvalue weighted by molar-refractivity contribution is -0.126. The first kappa shape index (κ1) is 15.2. The van der Waals surface area contributed by atoms with Crippen LogP contribution in [0.25, 0.3) is 0 Å². The summed E-state index contributed by atoms with van der Waals surface area (Å²) in [5, 5.41) is 2.95. The van der Waals surface area contributed by atoms with Gasteiger partial charge in [-0.15, -0.1) is 0 Å². The third kappa shape index (κ3) is 3.45. The number of pyridine rings is 1. The predicted octanol–water partition coefficient (Wildman–Crippen LogP) is 3.38. The van der Waals surface area contributed by atoms with Crippen LogP contribution in [0.2, 0.25) is 0 Å². The Morgan fingerprint density at radius 1 is 1.29 bits per heavy atom. The molecule has 0 fully saturated rings. The monoisotopic (exact) mass is 286 g/mol. The molecular formula is C17H19FN2O. The van der Waals surface area contributed by atoms with Crippen LogP contribution in [-0.2, 0) is 10.2 Å². The van der Waals surface area contributed by atoms with Crippen LogP contribution in [0.4, 0.5) is 4.39 Å². The van der Waals surface area contributed by atoms with E-state index >= 15 is 0 Å². The van der Waals surface area contributed by atoms with Crippen molar-refractivity contribution < 1.29 is 9.18 Å². The van der Waals surface area contributed by atoms with Gasteiger partial charge in [-0.3, -0.25) is 9.78 Å². The zero-order valence-corrected chi connectivity index (χ0v) is 12.4. The fraction of sp³-hybridized carbons (Fsp3) is 0.294. The fourth-order valence-electron chi connectivity index (χ4n) is 2.10. The largest absolute Gasteiger partial charge is 0.349 e. The van der Waals surface area contributed by atoms with Crippen molar-refractivity contribution in [2.45, 2.75) is 32.2 Å². The molecule has 4 heteroatoms. The number of rotatable bonds is 4. The van der Waals surface area contributed by atoms with Gasteiger partial charge in [-0.25, -0.2) is 4.39 Å². The predicted molar refractivity (Wildman–Crippen MR) is 80.2 cm³/mol. The zero-order valence-electron chi connectivity index (χ0n) is 12.4. The Morgan fingerprint density at radius 2 is 2.05 bits per heavy atom. The Labute approximate surface area is 124 Å². The zero-order chi connectivity index (χ0) is 15.5. The molecule has 3 nitrogen and oxygen atoms in total. The minimum absolute atomic E-state index is 0.149. The number of nitrogens with one attached hydrogen (secondary N) is 1. The van der Waals surface area contributed by atoms with Crippen molar-refractivity contribution in [3.8, 4) is 0 Å². The molecule has 1 amide bonds. The molecule has 0 spiro atoms. The van der Waals surface area contributed by atoms with E-state index in [1.165, 1.54) is 12.1 Å². The van der Waals surface area contributed by atoms with E-state index in [0.29, 0.717) is 5.56 Å². The first-order chi connectivity index (χ1) is 9.91. The van der Waals surface area contributed by atoms with Crippen LogP contribution in [0.5, 0.6) is 0 Å². The van der Waals surface area contributed by atoms with Crippen molar-refractivity contribution in [2.75, 3.05) is 0 Å². The maximum atomic E-state index is 13.3. The highest BCUT2D eigenvalue weighted by Gasteiger charge is 2.31. The molecule has 0 saturated carbocycles. The van der Waals surface area contributed by atoms with Gasteiger partial charge in [-0.2, -0.15) is 0 Å². The molecule has 0 aliphatic carbocycles. The van der Waals surface area contributed by atoms with E-state index in [-0.39, 0.29) is 17.8 Å². The maximum Gasteiger partial charge on any atom is 0.230 e. The summed E-state index contributed by atoms with van der Waals surface area (Å²) in [5.74, 6) is -0.488. The Balaban J connectivity index is 2.15. The number of amides is 1. The summed E-state index contributed by atoms with van der Waals surface area (Å²) in [6, 6.07) is 9.73. The number of halogens is 1. The number of benzene rings is 1. The summed E-state index contributed by atoms with van der Waals surface area (Å²) >= 11 is 0. The van der Waals surface area contributed by atoms with E-state index in [2.05, 4.69) is 10.3 Å². The molecule has 1 atom stereocenters. The molecule has 0 bridgehead atoms. The quantitative estimate of drug-likeness (QED) is 0.936. The fourth-order valence-corrected chi connectivity index (χ4v) is 2.10. The standard InChI is InChI=1S/C17H19FN2O/c1-12(13-6-5-9-19-11-13)20-16(21)17(2,3)14-7-4-8-15(18)10-14/h4-12H,1-3H3,(H,20,21). The molecule has 0 aliphatic heterocycles. The Kier molecular flexibility index (Phi) is 4.36. The highest BCUT2D eigenvalue weighted by Crippen LogP contribution is 2.25. The summed E-state index contributed by atoms with van der Waals surface area (Å²) in [6.45, 7) is 5.47. The average molecular weight is 286 g/mol. The van der Waals surface area contributed by atoms with E-state index in [9.17, 15) is 9.18 Å². The van der Waals surface area contributed by atoms with Gasteiger partial charge >= 0.3 is 0 Å². The number of hydrogen-bond acceptors (Lipinski definition) is 2. The van der Waals surface area contributed by atoms with Crippen LogP contribution in [0.3, 0.4) is 0 Å². The Morgan fingerprint density at radius 3 is 2.67 bits per heavy atom. The second-order valence-electron chi connectivity index (χ2n) is 5.62. The van der Waals surface area contributed by atoms with Crippen molar-refractivity contribution in [3.05, 3.63) is 65.7 Å². The average Bonchev–Trinajstić information content (AvgIpc) is 2.48. The molecule has 1 N–H and O–H groups in total. The third-order valence-electron chi connectivity index (χ3n) is 3.65. The Bertz CT molecular complexity index is 626.